The third-order valence-electron chi connectivity index (χ3n) is 2.98. The van der Waals surface area contributed by atoms with E-state index in [2.05, 4.69) is 26.2 Å². The minimum Gasteiger partial charge on any atom is -0.487 e. The lowest BCUT2D eigenvalue weighted by Crippen LogP contribution is -2.13. The van der Waals surface area contributed by atoms with Gasteiger partial charge >= 0.3 is 5.69 Å². The first-order valence-corrected chi connectivity index (χ1v) is 7.57. The van der Waals surface area contributed by atoms with Gasteiger partial charge in [0.05, 0.1) is 17.2 Å². The van der Waals surface area contributed by atoms with Gasteiger partial charge in [0.15, 0.2) is 5.75 Å². The molecule has 1 heterocycles. The lowest BCUT2D eigenvalue weighted by atomic mass is 10.1. The van der Waals surface area contributed by atoms with Crippen molar-refractivity contribution in [1.29, 1.82) is 0 Å². The summed E-state index contributed by atoms with van der Waals surface area (Å²) in [5, 5.41) is 13.7. The van der Waals surface area contributed by atoms with Crippen molar-refractivity contribution >= 4 is 33.3 Å². The summed E-state index contributed by atoms with van der Waals surface area (Å²) < 4.78 is 6.02. The Hall–Kier alpha value is -2.48. The second-order valence-corrected chi connectivity index (χ2v) is 5.44. The van der Waals surface area contributed by atoms with E-state index in [1.807, 2.05) is 0 Å². The maximum atomic E-state index is 12.2. The Bertz CT molecular complexity index is 764. The third kappa shape index (κ3) is 4.04. The molecule has 0 saturated heterocycles. The summed E-state index contributed by atoms with van der Waals surface area (Å²) in [4.78, 5) is 26.9. The molecule has 2 aromatic rings. The predicted molar refractivity (Wildman–Crippen MR) is 88.9 cm³/mol. The average Bonchev–Trinajstić information content (AvgIpc) is 2.51. The Balaban J connectivity index is 2.26. The fourth-order valence-corrected chi connectivity index (χ4v) is 2.10. The van der Waals surface area contributed by atoms with E-state index in [-0.39, 0.29) is 17.0 Å². The average molecular weight is 380 g/mol. The maximum Gasteiger partial charge on any atom is 0.311 e. The van der Waals surface area contributed by atoms with Crippen molar-refractivity contribution in [3.05, 3.63) is 56.2 Å². The largest absolute Gasteiger partial charge is 0.487 e. The maximum absolute atomic E-state index is 12.2. The quantitative estimate of drug-likeness (QED) is 0.630. The van der Waals surface area contributed by atoms with E-state index in [0.29, 0.717) is 12.4 Å². The molecule has 0 aliphatic heterocycles. The molecule has 0 fully saturated rings. The zero-order valence-electron chi connectivity index (χ0n) is 12.5. The molecule has 0 spiro atoms. The SMILES string of the molecule is CCOc1ccc(C(=O)Nc2ccc(Br)c(C)n2)cc1[N+](=O)[O-]. The number of nitrogens with zero attached hydrogens (tertiary/aromatic N) is 2. The summed E-state index contributed by atoms with van der Waals surface area (Å²) in [6.45, 7) is 3.82. The number of carbonyl (C=O) groups is 1. The molecule has 0 bridgehead atoms. The van der Waals surface area contributed by atoms with Crippen LogP contribution in [0.4, 0.5) is 11.5 Å². The van der Waals surface area contributed by atoms with Crippen LogP contribution in [0, 0.1) is 17.0 Å². The molecule has 0 saturated carbocycles. The minimum absolute atomic E-state index is 0.131. The molecule has 2 rings (SSSR count). The summed E-state index contributed by atoms with van der Waals surface area (Å²) in [6.07, 6.45) is 0. The first kappa shape index (κ1) is 16.9. The smallest absolute Gasteiger partial charge is 0.311 e. The molecule has 0 radical (unpaired) electrons. The van der Waals surface area contributed by atoms with Gasteiger partial charge in [0.25, 0.3) is 5.91 Å². The van der Waals surface area contributed by atoms with E-state index < -0.39 is 10.8 Å². The number of nitrogens with one attached hydrogen (secondary N) is 1. The first-order valence-electron chi connectivity index (χ1n) is 6.78. The van der Waals surface area contributed by atoms with Crippen molar-refractivity contribution < 1.29 is 14.5 Å². The molecule has 1 N–H and O–H groups in total. The summed E-state index contributed by atoms with van der Waals surface area (Å²) in [6, 6.07) is 7.47. The van der Waals surface area contributed by atoms with Crippen molar-refractivity contribution in [1.82, 2.24) is 4.98 Å². The van der Waals surface area contributed by atoms with Gasteiger partial charge in [-0.3, -0.25) is 14.9 Å². The number of hydrogen-bond acceptors (Lipinski definition) is 5. The van der Waals surface area contributed by atoms with E-state index in [1.165, 1.54) is 18.2 Å². The number of ether oxygens (including phenoxy) is 1. The summed E-state index contributed by atoms with van der Waals surface area (Å²) >= 11 is 3.32. The van der Waals surface area contributed by atoms with Crippen LogP contribution in [0.25, 0.3) is 0 Å². The predicted octanol–water partition coefficient (Wildman–Crippen LogP) is 3.71. The number of pyridine rings is 1. The van der Waals surface area contributed by atoms with E-state index in [0.717, 1.165) is 10.2 Å². The number of halogens is 1. The van der Waals surface area contributed by atoms with Crippen molar-refractivity contribution in [2.45, 2.75) is 13.8 Å². The highest BCUT2D eigenvalue weighted by molar-refractivity contribution is 9.10. The third-order valence-corrected chi connectivity index (χ3v) is 3.82. The summed E-state index contributed by atoms with van der Waals surface area (Å²) in [7, 11) is 0. The highest BCUT2D eigenvalue weighted by Crippen LogP contribution is 2.28. The number of anilines is 1. The van der Waals surface area contributed by atoms with Crippen LogP contribution in [0.2, 0.25) is 0 Å². The van der Waals surface area contributed by atoms with E-state index in [4.69, 9.17) is 4.74 Å². The van der Waals surface area contributed by atoms with Crippen LogP contribution < -0.4 is 10.1 Å². The van der Waals surface area contributed by atoms with Gasteiger partial charge in [-0.2, -0.15) is 0 Å². The molecule has 8 heteroatoms. The van der Waals surface area contributed by atoms with E-state index >= 15 is 0 Å². The van der Waals surface area contributed by atoms with Crippen molar-refractivity contribution in [3.8, 4) is 5.75 Å². The molecule has 0 atom stereocenters. The van der Waals surface area contributed by atoms with Gasteiger partial charge in [-0.05, 0) is 54.0 Å². The molecule has 23 heavy (non-hydrogen) atoms. The van der Waals surface area contributed by atoms with Gasteiger partial charge < -0.3 is 10.1 Å². The Morgan fingerprint density at radius 1 is 1.39 bits per heavy atom. The first-order chi connectivity index (χ1) is 10.9. The summed E-state index contributed by atoms with van der Waals surface area (Å²) in [5.41, 5.74) is 0.627. The van der Waals surface area contributed by atoms with E-state index in [9.17, 15) is 14.9 Å². The molecule has 0 aliphatic carbocycles. The van der Waals surface area contributed by atoms with Crippen molar-refractivity contribution in [2.75, 3.05) is 11.9 Å². The molecular weight excluding hydrogens is 366 g/mol. The normalized spacial score (nSPS) is 10.2. The molecular formula is C15H14BrN3O4. The number of nitro groups is 1. The standard InChI is InChI=1S/C15H14BrN3O4/c1-3-23-13-6-4-10(8-12(13)19(21)22)15(20)18-14-7-5-11(16)9(2)17-14/h4-8H,3H2,1-2H3,(H,17,18,20). The molecule has 0 unspecified atom stereocenters. The monoisotopic (exact) mass is 379 g/mol. The number of carbonyl (C=O) groups excluding carboxylic acids is 1. The number of nitro benzene ring substituents is 1. The van der Waals surface area contributed by atoms with Crippen LogP contribution in [0.15, 0.2) is 34.8 Å². The van der Waals surface area contributed by atoms with Crippen LogP contribution in [0.3, 0.4) is 0 Å². The van der Waals surface area contributed by atoms with E-state index in [1.54, 1.807) is 26.0 Å². The Labute approximate surface area is 141 Å². The molecule has 120 valence electrons. The highest BCUT2D eigenvalue weighted by Gasteiger charge is 2.19. The second kappa shape index (κ2) is 7.19. The van der Waals surface area contributed by atoms with Crippen molar-refractivity contribution in [2.24, 2.45) is 0 Å². The lowest BCUT2D eigenvalue weighted by molar-refractivity contribution is -0.385. The molecule has 1 amide bonds. The molecule has 1 aromatic heterocycles. The van der Waals surface area contributed by atoms with Crippen LogP contribution in [-0.2, 0) is 0 Å². The van der Waals surface area contributed by atoms with Gasteiger partial charge in [0, 0.05) is 16.1 Å². The fourth-order valence-electron chi connectivity index (χ4n) is 1.88. The van der Waals surface area contributed by atoms with Gasteiger partial charge in [-0.1, -0.05) is 0 Å². The number of aryl methyl sites for hydroxylation is 1. The topological polar surface area (TPSA) is 94.4 Å². The van der Waals surface area contributed by atoms with Crippen molar-refractivity contribution in [3.63, 3.8) is 0 Å². The summed E-state index contributed by atoms with van der Waals surface area (Å²) in [5.74, 6) is 0.0178. The fraction of sp³-hybridized carbons (Fsp3) is 0.200. The number of hydrogen-bond donors (Lipinski definition) is 1. The van der Waals surface area contributed by atoms with Crippen LogP contribution in [0.1, 0.15) is 23.0 Å². The zero-order chi connectivity index (χ0) is 17.0. The number of amides is 1. The van der Waals surface area contributed by atoms with Crippen LogP contribution in [-0.4, -0.2) is 22.4 Å². The zero-order valence-corrected chi connectivity index (χ0v) is 14.1. The van der Waals surface area contributed by atoms with Gasteiger partial charge in [-0.25, -0.2) is 4.98 Å². The Morgan fingerprint density at radius 3 is 2.74 bits per heavy atom. The lowest BCUT2D eigenvalue weighted by Gasteiger charge is -2.08. The molecule has 1 aromatic carbocycles. The second-order valence-electron chi connectivity index (χ2n) is 4.59. The Kier molecular flexibility index (Phi) is 5.28. The van der Waals surface area contributed by atoms with Crippen LogP contribution >= 0.6 is 15.9 Å². The number of aromatic nitrogens is 1. The number of benzene rings is 1. The number of rotatable bonds is 5. The van der Waals surface area contributed by atoms with Gasteiger partial charge in [0.1, 0.15) is 5.82 Å². The molecule has 0 aliphatic rings. The Morgan fingerprint density at radius 2 is 2.13 bits per heavy atom. The molecule has 7 nitrogen and oxygen atoms in total. The minimum atomic E-state index is -0.580. The highest BCUT2D eigenvalue weighted by atomic mass is 79.9. The van der Waals surface area contributed by atoms with Gasteiger partial charge in [-0.15, -0.1) is 0 Å². The van der Waals surface area contributed by atoms with Crippen LogP contribution in [0.5, 0.6) is 5.75 Å². The van der Waals surface area contributed by atoms with Gasteiger partial charge in [0.2, 0.25) is 0 Å².